The van der Waals surface area contributed by atoms with Gasteiger partial charge in [-0.2, -0.15) is 0 Å². The Balaban J connectivity index is 2.55. The normalized spacial score (nSPS) is 10.3. The Kier molecular flexibility index (Phi) is 2.42. The highest BCUT2D eigenvalue weighted by atomic mass is 19.1. The van der Waals surface area contributed by atoms with Crippen molar-refractivity contribution in [1.29, 1.82) is 0 Å². The fourth-order valence-electron chi connectivity index (χ4n) is 1.44. The maximum Gasteiger partial charge on any atom is 0.137 e. The van der Waals surface area contributed by atoms with Crippen LogP contribution in [0.15, 0.2) is 41.3 Å². The van der Waals surface area contributed by atoms with E-state index in [1.54, 1.807) is 24.3 Å². The quantitative estimate of drug-likeness (QED) is 0.716. The van der Waals surface area contributed by atoms with Crippen molar-refractivity contribution in [3.8, 4) is 11.3 Å². The zero-order chi connectivity index (χ0) is 10.8. The number of hydrogen-bond donors (Lipinski definition) is 0. The van der Waals surface area contributed by atoms with Gasteiger partial charge in [0, 0.05) is 0 Å². The van der Waals surface area contributed by atoms with Crippen LogP contribution in [-0.4, -0.2) is 0 Å². The lowest BCUT2D eigenvalue weighted by molar-refractivity contribution is 0.540. The molecule has 1 heterocycles. The van der Waals surface area contributed by atoms with Crippen LogP contribution in [-0.2, 0) is 0 Å². The number of halogens is 1. The van der Waals surface area contributed by atoms with Gasteiger partial charge in [-0.05, 0) is 36.8 Å². The highest BCUT2D eigenvalue weighted by Crippen LogP contribution is 2.26. The van der Waals surface area contributed by atoms with E-state index in [4.69, 9.17) is 4.42 Å². The van der Waals surface area contributed by atoms with Gasteiger partial charge in [0.15, 0.2) is 0 Å². The standard InChI is InChI=1S/C13H11FO/c1-3-10-5-6-12(14)11(8-10)13-7-4-9(2)15-13/h3-8H,1H2,2H3. The minimum atomic E-state index is -0.282. The van der Waals surface area contributed by atoms with Crippen LogP contribution in [0.2, 0.25) is 0 Å². The summed E-state index contributed by atoms with van der Waals surface area (Å²) in [4.78, 5) is 0. The monoisotopic (exact) mass is 202 g/mol. The summed E-state index contributed by atoms with van der Waals surface area (Å²) in [5.74, 6) is 1.04. The predicted molar refractivity (Wildman–Crippen MR) is 58.9 cm³/mol. The summed E-state index contributed by atoms with van der Waals surface area (Å²) in [6.45, 7) is 5.48. The average molecular weight is 202 g/mol. The summed E-state index contributed by atoms with van der Waals surface area (Å²) < 4.78 is 18.9. The first-order valence-corrected chi connectivity index (χ1v) is 4.69. The van der Waals surface area contributed by atoms with Gasteiger partial charge in [0.2, 0.25) is 0 Å². The van der Waals surface area contributed by atoms with Crippen LogP contribution in [0.5, 0.6) is 0 Å². The Morgan fingerprint density at radius 1 is 1.27 bits per heavy atom. The van der Waals surface area contributed by atoms with Gasteiger partial charge >= 0.3 is 0 Å². The van der Waals surface area contributed by atoms with Crippen molar-refractivity contribution in [2.75, 3.05) is 0 Å². The van der Waals surface area contributed by atoms with E-state index in [9.17, 15) is 4.39 Å². The molecular formula is C13H11FO. The van der Waals surface area contributed by atoms with Crippen molar-refractivity contribution in [3.63, 3.8) is 0 Å². The molecule has 2 rings (SSSR count). The largest absolute Gasteiger partial charge is 0.461 e. The third kappa shape index (κ3) is 1.84. The number of benzene rings is 1. The Hall–Kier alpha value is -1.83. The smallest absolute Gasteiger partial charge is 0.137 e. The van der Waals surface area contributed by atoms with Crippen LogP contribution in [0, 0.1) is 12.7 Å². The molecule has 0 saturated heterocycles. The summed E-state index contributed by atoms with van der Waals surface area (Å²) in [6.07, 6.45) is 1.68. The highest BCUT2D eigenvalue weighted by molar-refractivity contribution is 5.63. The molecule has 0 amide bonds. The molecule has 0 spiro atoms. The molecule has 0 aliphatic heterocycles. The van der Waals surface area contributed by atoms with Gasteiger partial charge in [-0.25, -0.2) is 4.39 Å². The molecule has 0 unspecified atom stereocenters. The number of rotatable bonds is 2. The second-order valence-corrected chi connectivity index (χ2v) is 3.35. The van der Waals surface area contributed by atoms with Crippen LogP contribution in [0.1, 0.15) is 11.3 Å². The van der Waals surface area contributed by atoms with Gasteiger partial charge < -0.3 is 4.42 Å². The van der Waals surface area contributed by atoms with E-state index in [1.807, 2.05) is 13.0 Å². The Labute approximate surface area is 87.9 Å². The summed E-state index contributed by atoms with van der Waals surface area (Å²) >= 11 is 0. The molecule has 0 aliphatic rings. The van der Waals surface area contributed by atoms with E-state index < -0.39 is 0 Å². The van der Waals surface area contributed by atoms with Crippen LogP contribution >= 0.6 is 0 Å². The maximum absolute atomic E-state index is 13.5. The third-order valence-corrected chi connectivity index (χ3v) is 2.23. The van der Waals surface area contributed by atoms with Crippen molar-refractivity contribution in [3.05, 3.63) is 54.1 Å². The lowest BCUT2D eigenvalue weighted by Gasteiger charge is -2.01. The molecule has 0 fully saturated rings. The van der Waals surface area contributed by atoms with Crippen molar-refractivity contribution in [2.24, 2.45) is 0 Å². The summed E-state index contributed by atoms with van der Waals surface area (Å²) in [6, 6.07) is 8.41. The molecule has 0 bridgehead atoms. The minimum absolute atomic E-state index is 0.282. The molecule has 0 saturated carbocycles. The number of furan rings is 1. The molecule has 1 nitrogen and oxygen atoms in total. The lowest BCUT2D eigenvalue weighted by Crippen LogP contribution is -1.83. The molecule has 0 N–H and O–H groups in total. The van der Waals surface area contributed by atoms with Crippen LogP contribution < -0.4 is 0 Å². The molecule has 1 aromatic heterocycles. The first-order valence-electron chi connectivity index (χ1n) is 4.69. The first kappa shape index (κ1) is 9.71. The summed E-state index contributed by atoms with van der Waals surface area (Å²) in [5.41, 5.74) is 1.35. The zero-order valence-electron chi connectivity index (χ0n) is 8.46. The summed E-state index contributed by atoms with van der Waals surface area (Å²) in [5, 5.41) is 0. The van der Waals surface area contributed by atoms with E-state index in [0.717, 1.165) is 11.3 Å². The van der Waals surface area contributed by atoms with Gasteiger partial charge in [-0.15, -0.1) is 0 Å². The van der Waals surface area contributed by atoms with E-state index in [0.29, 0.717) is 11.3 Å². The first-order chi connectivity index (χ1) is 7.20. The second kappa shape index (κ2) is 3.73. The van der Waals surface area contributed by atoms with Crippen molar-refractivity contribution in [2.45, 2.75) is 6.92 Å². The Bertz CT molecular complexity index is 497. The number of hydrogen-bond acceptors (Lipinski definition) is 1. The highest BCUT2D eigenvalue weighted by Gasteiger charge is 2.08. The van der Waals surface area contributed by atoms with Gasteiger partial charge in [0.05, 0.1) is 5.56 Å². The van der Waals surface area contributed by atoms with Gasteiger partial charge in [0.1, 0.15) is 17.3 Å². The minimum Gasteiger partial charge on any atom is -0.461 e. The van der Waals surface area contributed by atoms with Gasteiger partial charge in [-0.1, -0.05) is 18.7 Å². The van der Waals surface area contributed by atoms with Crippen molar-refractivity contribution >= 4 is 6.08 Å². The van der Waals surface area contributed by atoms with E-state index in [-0.39, 0.29) is 5.82 Å². The van der Waals surface area contributed by atoms with Crippen LogP contribution in [0.25, 0.3) is 17.4 Å². The second-order valence-electron chi connectivity index (χ2n) is 3.35. The zero-order valence-corrected chi connectivity index (χ0v) is 8.46. The average Bonchev–Trinajstić information content (AvgIpc) is 2.65. The van der Waals surface area contributed by atoms with Crippen LogP contribution in [0.3, 0.4) is 0 Å². The lowest BCUT2D eigenvalue weighted by atomic mass is 10.1. The van der Waals surface area contributed by atoms with E-state index in [2.05, 4.69) is 6.58 Å². The number of aryl methyl sites for hydroxylation is 1. The Morgan fingerprint density at radius 2 is 2.07 bits per heavy atom. The van der Waals surface area contributed by atoms with Crippen molar-refractivity contribution < 1.29 is 8.81 Å². The fraction of sp³-hybridized carbons (Fsp3) is 0.0769. The van der Waals surface area contributed by atoms with Gasteiger partial charge in [-0.3, -0.25) is 0 Å². The molecule has 15 heavy (non-hydrogen) atoms. The molecule has 2 aromatic rings. The third-order valence-electron chi connectivity index (χ3n) is 2.23. The van der Waals surface area contributed by atoms with Crippen LogP contribution in [0.4, 0.5) is 4.39 Å². The SMILES string of the molecule is C=Cc1ccc(F)c(-c2ccc(C)o2)c1. The molecule has 0 atom stereocenters. The summed E-state index contributed by atoms with van der Waals surface area (Å²) in [7, 11) is 0. The fourth-order valence-corrected chi connectivity index (χ4v) is 1.44. The topological polar surface area (TPSA) is 13.1 Å². The van der Waals surface area contributed by atoms with E-state index in [1.165, 1.54) is 6.07 Å². The molecule has 0 aliphatic carbocycles. The predicted octanol–water partition coefficient (Wildman–Crippen LogP) is 4.04. The van der Waals surface area contributed by atoms with Crippen molar-refractivity contribution in [1.82, 2.24) is 0 Å². The van der Waals surface area contributed by atoms with Gasteiger partial charge in [0.25, 0.3) is 0 Å². The maximum atomic E-state index is 13.5. The van der Waals surface area contributed by atoms with E-state index >= 15 is 0 Å². The molecule has 76 valence electrons. The Morgan fingerprint density at radius 3 is 2.67 bits per heavy atom. The molecular weight excluding hydrogens is 191 g/mol. The molecule has 0 radical (unpaired) electrons. The molecule has 1 aromatic carbocycles. The molecule has 2 heteroatoms.